The third-order valence-corrected chi connectivity index (χ3v) is 4.10. The van der Waals surface area contributed by atoms with Gasteiger partial charge in [0.2, 0.25) is 10.0 Å². The Hall–Kier alpha value is -1.84. The van der Waals surface area contributed by atoms with Crippen molar-refractivity contribution in [3.05, 3.63) is 52.5 Å². The smallest absolute Gasteiger partial charge is 0.258 e. The third-order valence-electron chi connectivity index (χ3n) is 2.53. The molecule has 110 valence electrons. The van der Waals surface area contributed by atoms with Crippen LogP contribution in [0.1, 0.15) is 10.4 Å². The number of hydrogen-bond donors (Lipinski definition) is 2. The minimum absolute atomic E-state index is 0.109. The van der Waals surface area contributed by atoms with Gasteiger partial charge in [-0.25, -0.2) is 17.9 Å². The number of anilines is 1. The van der Waals surface area contributed by atoms with Gasteiger partial charge in [-0.15, -0.1) is 0 Å². The highest BCUT2D eigenvalue weighted by molar-refractivity contribution is 9.10. The van der Waals surface area contributed by atoms with Crippen molar-refractivity contribution in [3.63, 3.8) is 0 Å². The fraction of sp³-hybridized carbons (Fsp3) is 0. The van der Waals surface area contributed by atoms with Crippen molar-refractivity contribution < 1.29 is 17.6 Å². The van der Waals surface area contributed by atoms with Gasteiger partial charge in [-0.05, 0) is 40.2 Å². The van der Waals surface area contributed by atoms with Gasteiger partial charge in [0.15, 0.2) is 5.82 Å². The summed E-state index contributed by atoms with van der Waals surface area (Å²) in [5, 5.41) is 7.45. The Morgan fingerprint density at radius 1 is 1.33 bits per heavy atom. The maximum absolute atomic E-state index is 13.4. The van der Waals surface area contributed by atoms with Crippen LogP contribution in [0.3, 0.4) is 0 Å². The van der Waals surface area contributed by atoms with E-state index in [1.807, 2.05) is 0 Å². The van der Waals surface area contributed by atoms with Crippen molar-refractivity contribution in [2.45, 2.75) is 4.90 Å². The van der Waals surface area contributed by atoms with Crippen LogP contribution in [0.15, 0.2) is 46.0 Å². The Balaban J connectivity index is 2.29. The number of rotatable bonds is 3. The molecule has 1 amide bonds. The van der Waals surface area contributed by atoms with Gasteiger partial charge in [-0.3, -0.25) is 9.78 Å². The first-order valence-electron chi connectivity index (χ1n) is 5.52. The van der Waals surface area contributed by atoms with Gasteiger partial charge < -0.3 is 5.32 Å². The van der Waals surface area contributed by atoms with Gasteiger partial charge in [-0.2, -0.15) is 0 Å². The fourth-order valence-corrected chi connectivity index (χ4v) is 2.69. The van der Waals surface area contributed by atoms with E-state index in [1.54, 1.807) is 0 Å². The van der Waals surface area contributed by atoms with E-state index in [1.165, 1.54) is 30.5 Å². The van der Waals surface area contributed by atoms with Crippen molar-refractivity contribution in [1.82, 2.24) is 4.98 Å². The summed E-state index contributed by atoms with van der Waals surface area (Å²) >= 11 is 3.12. The zero-order chi connectivity index (χ0) is 15.6. The van der Waals surface area contributed by atoms with E-state index in [0.717, 1.165) is 6.20 Å². The number of carbonyl (C=O) groups excluding carboxylic acids is 1. The van der Waals surface area contributed by atoms with Crippen LogP contribution >= 0.6 is 15.9 Å². The molecule has 0 aliphatic carbocycles. The highest BCUT2D eigenvalue weighted by Crippen LogP contribution is 2.26. The van der Waals surface area contributed by atoms with Crippen LogP contribution in [0.25, 0.3) is 0 Å². The van der Waals surface area contributed by atoms with Crippen LogP contribution in [0.2, 0.25) is 0 Å². The van der Waals surface area contributed by atoms with Crippen LogP contribution in [-0.2, 0) is 10.0 Å². The minimum Gasteiger partial charge on any atom is -0.321 e. The number of nitrogens with two attached hydrogens (primary N) is 1. The number of hydrogen-bond acceptors (Lipinski definition) is 4. The molecule has 0 radical (unpaired) electrons. The number of nitrogens with one attached hydrogen (secondary N) is 1. The zero-order valence-electron chi connectivity index (χ0n) is 10.4. The minimum atomic E-state index is -3.84. The summed E-state index contributed by atoms with van der Waals surface area (Å²) < 4.78 is 36.1. The largest absolute Gasteiger partial charge is 0.321 e. The predicted octanol–water partition coefficient (Wildman–Crippen LogP) is 1.88. The second-order valence-electron chi connectivity index (χ2n) is 4.00. The first-order valence-corrected chi connectivity index (χ1v) is 7.86. The SMILES string of the molecule is NS(=O)(=O)c1ccc(NC(=O)c2ccncc2F)c(Br)c1. The summed E-state index contributed by atoms with van der Waals surface area (Å²) in [5.74, 6) is -1.44. The van der Waals surface area contributed by atoms with E-state index >= 15 is 0 Å². The number of nitrogens with zero attached hydrogens (tertiary/aromatic N) is 1. The summed E-state index contributed by atoms with van der Waals surface area (Å²) in [6.45, 7) is 0. The average molecular weight is 374 g/mol. The lowest BCUT2D eigenvalue weighted by Crippen LogP contribution is -2.15. The van der Waals surface area contributed by atoms with Crippen molar-refractivity contribution in [2.24, 2.45) is 5.14 Å². The Bertz CT molecular complexity index is 811. The van der Waals surface area contributed by atoms with Crippen molar-refractivity contribution in [2.75, 3.05) is 5.32 Å². The van der Waals surface area contributed by atoms with Crippen LogP contribution in [-0.4, -0.2) is 19.3 Å². The molecule has 2 rings (SSSR count). The van der Waals surface area contributed by atoms with Crippen molar-refractivity contribution in [3.8, 4) is 0 Å². The number of primary sulfonamides is 1. The second-order valence-corrected chi connectivity index (χ2v) is 6.41. The van der Waals surface area contributed by atoms with E-state index in [-0.39, 0.29) is 16.1 Å². The maximum Gasteiger partial charge on any atom is 0.258 e. The van der Waals surface area contributed by atoms with Gasteiger partial charge >= 0.3 is 0 Å². The summed E-state index contributed by atoms with van der Waals surface area (Å²) in [4.78, 5) is 15.4. The van der Waals surface area contributed by atoms with Crippen LogP contribution in [0.5, 0.6) is 0 Å². The number of amides is 1. The predicted molar refractivity (Wildman–Crippen MR) is 77.7 cm³/mol. The van der Waals surface area contributed by atoms with Gasteiger partial charge in [0.05, 0.1) is 22.3 Å². The first kappa shape index (κ1) is 15.5. The maximum atomic E-state index is 13.4. The molecule has 6 nitrogen and oxygen atoms in total. The molecule has 21 heavy (non-hydrogen) atoms. The lowest BCUT2D eigenvalue weighted by molar-refractivity contribution is 0.102. The van der Waals surface area contributed by atoms with E-state index in [2.05, 4.69) is 26.2 Å². The van der Waals surface area contributed by atoms with Crippen LogP contribution in [0, 0.1) is 5.82 Å². The summed E-state index contributed by atoms with van der Waals surface area (Å²) in [5.41, 5.74) is 0.107. The molecule has 0 aliphatic heterocycles. The Morgan fingerprint density at radius 3 is 2.62 bits per heavy atom. The second kappa shape index (κ2) is 5.88. The van der Waals surface area contributed by atoms with Gasteiger partial charge in [0.1, 0.15) is 0 Å². The Morgan fingerprint density at radius 2 is 2.05 bits per heavy atom. The number of sulfonamides is 1. The number of pyridine rings is 1. The molecule has 3 N–H and O–H groups in total. The average Bonchev–Trinajstić information content (AvgIpc) is 2.40. The number of aromatic nitrogens is 1. The Labute approximate surface area is 128 Å². The quantitative estimate of drug-likeness (QED) is 0.857. The van der Waals surface area contributed by atoms with E-state index in [0.29, 0.717) is 4.47 Å². The lowest BCUT2D eigenvalue weighted by atomic mass is 10.2. The highest BCUT2D eigenvalue weighted by Gasteiger charge is 2.15. The topological polar surface area (TPSA) is 102 Å². The van der Waals surface area contributed by atoms with Gasteiger partial charge in [0.25, 0.3) is 5.91 Å². The molecule has 0 atom stereocenters. The Kier molecular flexibility index (Phi) is 4.35. The first-order chi connectivity index (χ1) is 9.79. The van der Waals surface area contributed by atoms with Crippen molar-refractivity contribution >= 4 is 37.5 Å². The normalized spacial score (nSPS) is 11.2. The molecule has 9 heteroatoms. The lowest BCUT2D eigenvalue weighted by Gasteiger charge is -2.09. The molecule has 1 aromatic carbocycles. The molecule has 2 aromatic rings. The molecule has 0 fully saturated rings. The highest BCUT2D eigenvalue weighted by atomic mass is 79.9. The van der Waals surface area contributed by atoms with Crippen molar-refractivity contribution in [1.29, 1.82) is 0 Å². The van der Waals surface area contributed by atoms with Gasteiger partial charge in [-0.1, -0.05) is 0 Å². The standard InChI is InChI=1S/C12H9BrFN3O3S/c13-9-5-7(21(15,19)20)1-2-11(9)17-12(18)8-3-4-16-6-10(8)14/h1-6H,(H,17,18)(H2,15,19,20). The third kappa shape index (κ3) is 3.63. The van der Waals surface area contributed by atoms with E-state index < -0.39 is 21.7 Å². The van der Waals surface area contributed by atoms with E-state index in [9.17, 15) is 17.6 Å². The summed E-state index contributed by atoms with van der Waals surface area (Å²) in [6, 6.07) is 5.06. The molecule has 0 saturated heterocycles. The van der Waals surface area contributed by atoms with Crippen LogP contribution in [0.4, 0.5) is 10.1 Å². The molecule has 1 aromatic heterocycles. The van der Waals surface area contributed by atoms with E-state index in [4.69, 9.17) is 5.14 Å². The molecule has 0 saturated carbocycles. The fourth-order valence-electron chi connectivity index (χ4n) is 1.52. The number of carbonyl (C=O) groups is 1. The molecule has 0 spiro atoms. The zero-order valence-corrected chi connectivity index (χ0v) is 12.8. The molecule has 0 unspecified atom stereocenters. The van der Waals surface area contributed by atoms with Crippen LogP contribution < -0.4 is 10.5 Å². The molecular formula is C12H9BrFN3O3S. The van der Waals surface area contributed by atoms with Gasteiger partial charge in [0, 0.05) is 10.7 Å². The molecule has 0 bridgehead atoms. The molecular weight excluding hydrogens is 365 g/mol. The summed E-state index contributed by atoms with van der Waals surface area (Å²) in [7, 11) is -3.84. The molecule has 0 aliphatic rings. The number of benzene rings is 1. The number of halogens is 2. The molecule has 1 heterocycles. The summed E-state index contributed by atoms with van der Waals surface area (Å²) in [6.07, 6.45) is 2.21. The monoisotopic (exact) mass is 373 g/mol.